The van der Waals surface area contributed by atoms with E-state index in [1.54, 1.807) is 0 Å². The van der Waals surface area contributed by atoms with Crippen molar-refractivity contribution in [3.05, 3.63) is 10.5 Å². The lowest BCUT2D eigenvalue weighted by Crippen LogP contribution is -2.63. The minimum Gasteiger partial charge on any atom is -0.386 e. The first kappa shape index (κ1) is 8.95. The van der Waals surface area contributed by atoms with Crippen LogP contribution in [0.4, 0.5) is 5.13 Å². The summed E-state index contributed by atoms with van der Waals surface area (Å²) in [6.07, 6.45) is 2.37. The molecule has 1 aliphatic carbocycles. The highest BCUT2D eigenvalue weighted by molar-refractivity contribution is 7.14. The first-order chi connectivity index (χ1) is 6.67. The Morgan fingerprint density at radius 3 is 2.79 bits per heavy atom. The third-order valence-corrected chi connectivity index (χ3v) is 4.23. The second kappa shape index (κ2) is 2.84. The quantitative estimate of drug-likeness (QED) is 0.841. The molecule has 1 N–H and O–H groups in total. The van der Waals surface area contributed by atoms with E-state index in [1.807, 2.05) is 5.38 Å². The van der Waals surface area contributed by atoms with E-state index in [0.717, 1.165) is 18.2 Å². The van der Waals surface area contributed by atoms with Crippen LogP contribution in [-0.4, -0.2) is 28.8 Å². The summed E-state index contributed by atoms with van der Waals surface area (Å²) in [5, 5.41) is 13.4. The van der Waals surface area contributed by atoms with Crippen molar-refractivity contribution in [2.45, 2.75) is 18.4 Å². The van der Waals surface area contributed by atoms with Crippen LogP contribution >= 0.6 is 22.9 Å². The Kier molecular flexibility index (Phi) is 1.81. The van der Waals surface area contributed by atoms with Gasteiger partial charge in [0, 0.05) is 5.38 Å². The van der Waals surface area contributed by atoms with Gasteiger partial charge in [-0.05, 0) is 18.8 Å². The van der Waals surface area contributed by atoms with Crippen LogP contribution in [0.5, 0.6) is 0 Å². The summed E-state index contributed by atoms with van der Waals surface area (Å²) in [6, 6.07) is 0. The van der Waals surface area contributed by atoms with Gasteiger partial charge in [0.2, 0.25) is 0 Å². The number of thiazole rings is 1. The molecule has 1 aliphatic heterocycles. The molecule has 1 aromatic rings. The Labute approximate surface area is 91.3 Å². The van der Waals surface area contributed by atoms with Gasteiger partial charge in [0.1, 0.15) is 10.8 Å². The third-order valence-electron chi connectivity index (χ3n) is 3.00. The van der Waals surface area contributed by atoms with Gasteiger partial charge in [0.05, 0.1) is 13.1 Å². The number of hydrogen-bond donors (Lipinski definition) is 1. The molecule has 5 heteroatoms. The van der Waals surface area contributed by atoms with Gasteiger partial charge in [0.25, 0.3) is 0 Å². The Morgan fingerprint density at radius 1 is 1.57 bits per heavy atom. The predicted molar refractivity (Wildman–Crippen MR) is 57.0 cm³/mol. The first-order valence-electron chi connectivity index (χ1n) is 4.76. The lowest BCUT2D eigenvalue weighted by Gasteiger charge is -2.46. The minimum atomic E-state index is -0.432. The molecule has 0 radical (unpaired) electrons. The van der Waals surface area contributed by atoms with Crippen molar-refractivity contribution in [3.63, 3.8) is 0 Å². The molecule has 0 spiro atoms. The molecule has 2 aliphatic rings. The molecule has 2 heterocycles. The summed E-state index contributed by atoms with van der Waals surface area (Å²) in [6.45, 7) is 1.45. The van der Waals surface area contributed by atoms with Crippen molar-refractivity contribution in [2.75, 3.05) is 18.0 Å². The van der Waals surface area contributed by atoms with Crippen LogP contribution < -0.4 is 4.90 Å². The number of rotatable bonds is 2. The van der Waals surface area contributed by atoms with Gasteiger partial charge in [0.15, 0.2) is 5.13 Å². The smallest absolute Gasteiger partial charge is 0.186 e. The van der Waals surface area contributed by atoms with Crippen LogP contribution in [0, 0.1) is 5.92 Å². The Bertz CT molecular complexity index is 357. The van der Waals surface area contributed by atoms with Crippen LogP contribution in [0.3, 0.4) is 0 Å². The number of anilines is 1. The number of halogens is 1. The molecule has 76 valence electrons. The second-order valence-corrected chi connectivity index (χ2v) is 5.41. The number of β-amino-alcohol motifs (C(OH)–C–C–N with tert-alkyl or cyclic N) is 1. The zero-order chi connectivity index (χ0) is 9.76. The molecule has 0 aromatic carbocycles. The largest absolute Gasteiger partial charge is 0.386 e. The van der Waals surface area contributed by atoms with E-state index in [2.05, 4.69) is 9.88 Å². The first-order valence-corrected chi connectivity index (χ1v) is 6.01. The van der Waals surface area contributed by atoms with Crippen molar-refractivity contribution < 1.29 is 5.11 Å². The third kappa shape index (κ3) is 1.33. The molecule has 0 bridgehead atoms. The van der Waals surface area contributed by atoms with E-state index in [1.165, 1.54) is 24.2 Å². The highest BCUT2D eigenvalue weighted by atomic mass is 35.5. The zero-order valence-corrected chi connectivity index (χ0v) is 9.18. The van der Waals surface area contributed by atoms with Crippen molar-refractivity contribution >= 4 is 28.1 Å². The Morgan fingerprint density at radius 2 is 2.29 bits per heavy atom. The van der Waals surface area contributed by atoms with E-state index in [0.29, 0.717) is 11.1 Å². The predicted octanol–water partition coefficient (Wildman–Crippen LogP) is 1.76. The van der Waals surface area contributed by atoms with Crippen molar-refractivity contribution in [1.29, 1.82) is 0 Å². The lowest BCUT2D eigenvalue weighted by atomic mass is 9.89. The van der Waals surface area contributed by atoms with Gasteiger partial charge in [-0.2, -0.15) is 0 Å². The maximum absolute atomic E-state index is 10.1. The van der Waals surface area contributed by atoms with Crippen LogP contribution in [0.25, 0.3) is 0 Å². The minimum absolute atomic E-state index is 0.432. The monoisotopic (exact) mass is 230 g/mol. The molecule has 1 aromatic heterocycles. The fourth-order valence-electron chi connectivity index (χ4n) is 2.02. The fraction of sp³-hybridized carbons (Fsp3) is 0.667. The SMILES string of the molecule is OC1(C2CC2)CN(c2nc(Cl)cs2)C1. The summed E-state index contributed by atoms with van der Waals surface area (Å²) in [5.74, 6) is 0.536. The zero-order valence-electron chi connectivity index (χ0n) is 7.61. The van der Waals surface area contributed by atoms with E-state index >= 15 is 0 Å². The molecule has 0 unspecified atom stereocenters. The average molecular weight is 231 g/mol. The van der Waals surface area contributed by atoms with Crippen LogP contribution in [0.15, 0.2) is 5.38 Å². The maximum Gasteiger partial charge on any atom is 0.186 e. The summed E-state index contributed by atoms with van der Waals surface area (Å²) < 4.78 is 0. The standard InChI is InChI=1S/C9H11ClN2OS/c10-7-3-14-8(11-7)12-4-9(13,5-12)6-1-2-6/h3,6,13H,1-2,4-5H2. The summed E-state index contributed by atoms with van der Waals surface area (Å²) in [4.78, 5) is 6.27. The molecule has 0 amide bonds. The molecule has 0 atom stereocenters. The van der Waals surface area contributed by atoms with Gasteiger partial charge in [-0.3, -0.25) is 0 Å². The summed E-state index contributed by atoms with van der Waals surface area (Å²) >= 11 is 7.28. The van der Waals surface area contributed by atoms with Gasteiger partial charge >= 0.3 is 0 Å². The molecule has 2 fully saturated rings. The van der Waals surface area contributed by atoms with Crippen LogP contribution in [-0.2, 0) is 0 Å². The summed E-state index contributed by atoms with van der Waals surface area (Å²) in [5.41, 5.74) is -0.432. The second-order valence-electron chi connectivity index (χ2n) is 4.19. The summed E-state index contributed by atoms with van der Waals surface area (Å²) in [7, 11) is 0. The van der Waals surface area contributed by atoms with Gasteiger partial charge in [-0.15, -0.1) is 11.3 Å². The van der Waals surface area contributed by atoms with Crippen LogP contribution in [0.2, 0.25) is 5.15 Å². The van der Waals surface area contributed by atoms with E-state index in [-0.39, 0.29) is 0 Å². The van der Waals surface area contributed by atoms with Gasteiger partial charge in [-0.1, -0.05) is 11.6 Å². The number of nitrogens with zero attached hydrogens (tertiary/aromatic N) is 2. The van der Waals surface area contributed by atoms with E-state index < -0.39 is 5.60 Å². The molecule has 3 nitrogen and oxygen atoms in total. The number of hydrogen-bond acceptors (Lipinski definition) is 4. The Hall–Kier alpha value is -0.320. The number of aliphatic hydroxyl groups is 1. The molecular formula is C9H11ClN2OS. The maximum atomic E-state index is 10.1. The topological polar surface area (TPSA) is 36.4 Å². The number of aromatic nitrogens is 1. The van der Waals surface area contributed by atoms with Gasteiger partial charge < -0.3 is 10.0 Å². The van der Waals surface area contributed by atoms with E-state index in [9.17, 15) is 5.11 Å². The highest BCUT2D eigenvalue weighted by Gasteiger charge is 2.52. The average Bonchev–Trinajstić information content (AvgIpc) is 2.85. The van der Waals surface area contributed by atoms with Crippen molar-refractivity contribution in [3.8, 4) is 0 Å². The molecular weight excluding hydrogens is 220 g/mol. The highest BCUT2D eigenvalue weighted by Crippen LogP contribution is 2.46. The van der Waals surface area contributed by atoms with Crippen LogP contribution in [0.1, 0.15) is 12.8 Å². The van der Waals surface area contributed by atoms with Crippen molar-refractivity contribution in [1.82, 2.24) is 4.98 Å². The molecule has 3 rings (SSSR count). The lowest BCUT2D eigenvalue weighted by molar-refractivity contribution is -0.00931. The normalized spacial score (nSPS) is 24.9. The van der Waals surface area contributed by atoms with Gasteiger partial charge in [-0.25, -0.2) is 4.98 Å². The Balaban J connectivity index is 1.68. The molecule has 1 saturated carbocycles. The molecule has 14 heavy (non-hydrogen) atoms. The van der Waals surface area contributed by atoms with Crippen molar-refractivity contribution in [2.24, 2.45) is 5.92 Å². The fourth-order valence-corrected chi connectivity index (χ4v) is 2.97. The van der Waals surface area contributed by atoms with E-state index in [4.69, 9.17) is 11.6 Å². The molecule has 1 saturated heterocycles.